The van der Waals surface area contributed by atoms with Crippen molar-refractivity contribution in [1.29, 1.82) is 0 Å². The summed E-state index contributed by atoms with van der Waals surface area (Å²) in [5, 5.41) is 39.2. The second-order valence-corrected chi connectivity index (χ2v) is 17.3. The number of fused-ring (bicyclic) bond motifs is 5. The molecule has 4 N–H and O–H groups in total. The van der Waals surface area contributed by atoms with Crippen LogP contribution in [0.4, 0.5) is 0 Å². The maximum absolute atomic E-state index is 15.0. The van der Waals surface area contributed by atoms with Crippen LogP contribution in [0.1, 0.15) is 79.8 Å². The van der Waals surface area contributed by atoms with E-state index < -0.39 is 106 Å². The lowest BCUT2D eigenvalue weighted by Crippen LogP contribution is -2.81. The fraction of sp³-hybridized carbons (Fsp3) is 0.444. The molecule has 2 bridgehead atoms. The van der Waals surface area contributed by atoms with Crippen molar-refractivity contribution in [3.8, 4) is 0 Å². The highest BCUT2D eigenvalue weighted by atomic mass is 32.1. The van der Waals surface area contributed by atoms with Gasteiger partial charge in [0.05, 0.1) is 35.6 Å². The molecule has 1 aliphatic heterocycles. The van der Waals surface area contributed by atoms with E-state index in [0.717, 1.165) is 0 Å². The predicted molar refractivity (Wildman–Crippen MR) is 215 cm³/mol. The topological polar surface area (TPSA) is 195 Å². The van der Waals surface area contributed by atoms with E-state index in [0.29, 0.717) is 11.1 Å². The number of aliphatic hydroxyl groups excluding tert-OH is 2. The van der Waals surface area contributed by atoms with Crippen LogP contribution >= 0.6 is 12.6 Å². The van der Waals surface area contributed by atoms with Crippen LogP contribution in [0.25, 0.3) is 0 Å². The monoisotopic (exact) mass is 827 g/mol. The van der Waals surface area contributed by atoms with E-state index in [-0.39, 0.29) is 29.7 Å². The molecule has 312 valence electrons. The molecule has 14 heteroatoms. The van der Waals surface area contributed by atoms with Gasteiger partial charge in [0.1, 0.15) is 35.3 Å². The highest BCUT2D eigenvalue weighted by Crippen LogP contribution is 2.64. The first-order valence-corrected chi connectivity index (χ1v) is 20.1. The largest absolute Gasteiger partial charge is 0.457 e. The zero-order valence-corrected chi connectivity index (χ0v) is 34.3. The molecule has 0 unspecified atom stereocenters. The van der Waals surface area contributed by atoms with Gasteiger partial charge in [-0.15, -0.1) is 0 Å². The Hall–Kier alpha value is -4.86. The van der Waals surface area contributed by atoms with E-state index in [1.54, 1.807) is 99.6 Å². The smallest absolute Gasteiger partial charge is 0.338 e. The maximum Gasteiger partial charge on any atom is 0.338 e. The molecule has 7 rings (SSSR count). The van der Waals surface area contributed by atoms with Gasteiger partial charge < -0.3 is 39.6 Å². The number of nitrogens with one attached hydrogen (secondary N) is 1. The zero-order chi connectivity index (χ0) is 42.7. The highest BCUT2D eigenvalue weighted by molar-refractivity contribution is 7.81. The Bertz CT molecular complexity index is 2160. The van der Waals surface area contributed by atoms with Gasteiger partial charge in [-0.1, -0.05) is 80.6 Å². The molecule has 3 aromatic carbocycles. The minimum Gasteiger partial charge on any atom is -0.457 e. The number of esters is 3. The summed E-state index contributed by atoms with van der Waals surface area (Å²) >= 11 is 4.68. The van der Waals surface area contributed by atoms with Crippen molar-refractivity contribution in [3.63, 3.8) is 0 Å². The number of benzene rings is 3. The third-order valence-electron chi connectivity index (χ3n) is 13.2. The summed E-state index contributed by atoms with van der Waals surface area (Å²) in [6.45, 7) is 7.08. The molecular formula is C45H49NO12S. The lowest BCUT2D eigenvalue weighted by Gasteiger charge is -2.67. The Kier molecular flexibility index (Phi) is 11.2. The molecule has 59 heavy (non-hydrogen) atoms. The van der Waals surface area contributed by atoms with Crippen molar-refractivity contribution in [3.05, 3.63) is 119 Å². The van der Waals surface area contributed by atoms with Gasteiger partial charge in [-0.3, -0.25) is 19.2 Å². The number of thiol groups is 1. The molecule has 0 radical (unpaired) electrons. The van der Waals surface area contributed by atoms with E-state index in [9.17, 15) is 34.5 Å². The van der Waals surface area contributed by atoms with E-state index in [2.05, 4.69) is 17.9 Å². The maximum atomic E-state index is 15.0. The fourth-order valence-corrected chi connectivity index (χ4v) is 10.2. The predicted octanol–water partition coefficient (Wildman–Crippen LogP) is 4.10. The van der Waals surface area contributed by atoms with E-state index in [1.807, 2.05) is 0 Å². The van der Waals surface area contributed by atoms with Gasteiger partial charge in [-0.05, 0) is 54.8 Å². The minimum absolute atomic E-state index is 0.00269. The van der Waals surface area contributed by atoms with Crippen molar-refractivity contribution < 1.29 is 58.2 Å². The Morgan fingerprint density at radius 2 is 1.46 bits per heavy atom. The van der Waals surface area contributed by atoms with Crippen molar-refractivity contribution in [1.82, 2.24) is 5.32 Å². The molecule has 1 heterocycles. The summed E-state index contributed by atoms with van der Waals surface area (Å²) in [5.41, 5.74) is -6.30. The van der Waals surface area contributed by atoms with Crippen LogP contribution in [-0.2, 0) is 33.3 Å². The van der Waals surface area contributed by atoms with Crippen LogP contribution in [0.15, 0.2) is 102 Å². The summed E-state index contributed by atoms with van der Waals surface area (Å²) in [4.78, 5) is 69.8. The highest BCUT2D eigenvalue weighted by Gasteiger charge is 2.78. The summed E-state index contributed by atoms with van der Waals surface area (Å²) in [6.07, 6.45) is -8.13. The molecule has 4 aliphatic rings. The average molecular weight is 828 g/mol. The molecule has 0 aromatic heterocycles. The molecule has 1 saturated heterocycles. The van der Waals surface area contributed by atoms with Crippen LogP contribution in [0.5, 0.6) is 0 Å². The summed E-state index contributed by atoms with van der Waals surface area (Å²) < 4.78 is 24.4. The molecule has 3 fully saturated rings. The van der Waals surface area contributed by atoms with Gasteiger partial charge >= 0.3 is 17.9 Å². The first-order chi connectivity index (χ1) is 27.9. The standard InChI is InChI=1S/C45H49NO12S/c1-24-29(56-41(53)35(59)33(26-15-9-6-10-16-26)46-39(51)27-17-11-7-12-18-27)22-45(54)38(57-40(52)28-19-13-8-14-20-28)36-43(5,37(50)34(49)32(24)42(45,3)4)30(48)21-31-44(36,23-55-31)58-25(2)47/h6-20,29-31,33-36,38,48-49,54,59H,21-23H2,1-5H3,(H,46,51)/t29-,30-,31+,33-,34+,35-,36-,38-,43+,44-,45+/m0/s1. The van der Waals surface area contributed by atoms with Gasteiger partial charge in [-0.2, -0.15) is 12.6 Å². The Morgan fingerprint density at radius 3 is 2.02 bits per heavy atom. The number of rotatable bonds is 9. The van der Waals surface area contributed by atoms with Crippen molar-refractivity contribution in [2.75, 3.05) is 6.61 Å². The molecule has 1 amide bonds. The quantitative estimate of drug-likeness (QED) is 0.0899. The summed E-state index contributed by atoms with van der Waals surface area (Å²) in [5.74, 6) is -5.36. The summed E-state index contributed by atoms with van der Waals surface area (Å²) in [6, 6.07) is 24.1. The van der Waals surface area contributed by atoms with Crippen LogP contribution in [-0.4, -0.2) is 98.5 Å². The molecule has 13 nitrogen and oxygen atoms in total. The Labute approximate surface area is 347 Å². The molecule has 3 aliphatic carbocycles. The van der Waals surface area contributed by atoms with Gasteiger partial charge in [-0.25, -0.2) is 4.79 Å². The number of ether oxygens (including phenoxy) is 4. The van der Waals surface area contributed by atoms with E-state index in [1.165, 1.54) is 26.0 Å². The number of carbonyl (C=O) groups excluding carboxylic acids is 5. The van der Waals surface area contributed by atoms with E-state index in [4.69, 9.17) is 18.9 Å². The SMILES string of the molecule is CC(=O)O[C@@]12CO[C@@H]1C[C@H](O)[C@@]1(C)C(=O)[C@H](O)C3=C(C)[C@@H](OC(=O)[C@@H](S)[C@@H](NC(=O)c4ccccc4)c4ccccc4)C[C@@](O)([C@@H](OC(=O)c4ccccc4)[C@H]21)C3(C)C. The second-order valence-electron chi connectivity index (χ2n) is 16.8. The number of ketones is 1. The molecule has 2 saturated carbocycles. The zero-order valence-electron chi connectivity index (χ0n) is 33.4. The summed E-state index contributed by atoms with van der Waals surface area (Å²) in [7, 11) is 0. The van der Waals surface area contributed by atoms with E-state index >= 15 is 4.79 Å². The van der Waals surface area contributed by atoms with Crippen LogP contribution in [0, 0.1) is 16.7 Å². The first-order valence-electron chi connectivity index (χ1n) is 19.6. The van der Waals surface area contributed by atoms with Gasteiger partial charge in [0, 0.05) is 30.7 Å². The molecule has 3 aromatic rings. The number of aliphatic hydroxyl groups is 3. The molecular weight excluding hydrogens is 779 g/mol. The van der Waals surface area contributed by atoms with Gasteiger partial charge in [0.25, 0.3) is 5.91 Å². The number of Topliss-reactive ketones (excluding diaryl/α,β-unsaturated/α-hetero) is 1. The van der Waals surface area contributed by atoms with Gasteiger partial charge in [0.2, 0.25) is 0 Å². The Morgan fingerprint density at radius 1 is 0.881 bits per heavy atom. The Balaban J connectivity index is 1.34. The third-order valence-corrected chi connectivity index (χ3v) is 13.7. The second kappa shape index (κ2) is 15.6. The number of amides is 1. The third kappa shape index (κ3) is 6.88. The number of hydrogen-bond acceptors (Lipinski definition) is 13. The van der Waals surface area contributed by atoms with Gasteiger partial charge in [0.15, 0.2) is 11.4 Å². The molecule has 0 spiro atoms. The lowest BCUT2D eigenvalue weighted by molar-refractivity contribution is -0.345. The van der Waals surface area contributed by atoms with Crippen molar-refractivity contribution in [2.24, 2.45) is 16.7 Å². The fourth-order valence-electron chi connectivity index (χ4n) is 9.94. The average Bonchev–Trinajstić information content (AvgIpc) is 3.21. The van der Waals surface area contributed by atoms with Crippen LogP contribution < -0.4 is 5.32 Å². The van der Waals surface area contributed by atoms with Crippen LogP contribution in [0.2, 0.25) is 0 Å². The first kappa shape index (κ1) is 42.3. The van der Waals surface area contributed by atoms with Crippen molar-refractivity contribution in [2.45, 2.75) is 100 Å². The molecule has 11 atom stereocenters. The number of hydrogen-bond donors (Lipinski definition) is 5. The number of carbonyl (C=O) groups is 5. The van der Waals surface area contributed by atoms with Crippen molar-refractivity contribution >= 4 is 42.2 Å². The normalized spacial score (nSPS) is 33.0. The minimum atomic E-state index is -2.29. The van der Waals surface area contributed by atoms with Crippen LogP contribution in [0.3, 0.4) is 0 Å². The lowest BCUT2D eigenvalue weighted by atomic mass is 9.44.